The minimum atomic E-state index is 0.675. The molecule has 0 fully saturated rings. The summed E-state index contributed by atoms with van der Waals surface area (Å²) in [5, 5.41) is 5.50. The molecule has 0 saturated heterocycles. The lowest BCUT2D eigenvalue weighted by molar-refractivity contribution is 0.450. The molecule has 0 aliphatic rings. The van der Waals surface area contributed by atoms with E-state index in [0.717, 1.165) is 16.7 Å². The van der Waals surface area contributed by atoms with Gasteiger partial charge in [0.25, 0.3) is 0 Å². The normalized spacial score (nSPS) is 10.7. The highest BCUT2D eigenvalue weighted by molar-refractivity contribution is 6.31. The van der Waals surface area contributed by atoms with Crippen molar-refractivity contribution in [3.63, 3.8) is 0 Å². The molecule has 0 saturated carbocycles. The van der Waals surface area contributed by atoms with Crippen LogP contribution in [0.15, 0.2) is 22.7 Å². The van der Waals surface area contributed by atoms with Gasteiger partial charge in [-0.1, -0.05) is 16.8 Å². The lowest BCUT2D eigenvalue weighted by Crippen LogP contribution is -1.68. The lowest BCUT2D eigenvalue weighted by Gasteiger charge is -1.87. The molecule has 1 aromatic carbocycles. The van der Waals surface area contributed by atoms with Gasteiger partial charge in [0.15, 0.2) is 5.58 Å². The Morgan fingerprint density at radius 2 is 2.27 bits per heavy atom. The van der Waals surface area contributed by atoms with Crippen LogP contribution in [0.1, 0.15) is 5.69 Å². The van der Waals surface area contributed by atoms with Crippen molar-refractivity contribution in [2.45, 2.75) is 6.92 Å². The smallest absolute Gasteiger partial charge is 0.168 e. The van der Waals surface area contributed by atoms with Gasteiger partial charge in [-0.15, -0.1) is 0 Å². The average Bonchev–Trinajstić information content (AvgIpc) is 2.32. The number of halogens is 1. The Hall–Kier alpha value is -1.02. The summed E-state index contributed by atoms with van der Waals surface area (Å²) >= 11 is 5.74. The summed E-state index contributed by atoms with van der Waals surface area (Å²) in [5.41, 5.74) is 1.65. The van der Waals surface area contributed by atoms with Crippen LogP contribution >= 0.6 is 11.6 Å². The first-order valence-corrected chi connectivity index (χ1v) is 3.67. The number of aromatic nitrogens is 1. The highest BCUT2D eigenvalue weighted by Crippen LogP contribution is 2.21. The Morgan fingerprint density at radius 1 is 1.45 bits per heavy atom. The minimum Gasteiger partial charge on any atom is -0.356 e. The molecular formula is C8H6ClNO. The summed E-state index contributed by atoms with van der Waals surface area (Å²) in [6.45, 7) is 1.90. The molecule has 0 aliphatic carbocycles. The van der Waals surface area contributed by atoms with Crippen LogP contribution in [0.25, 0.3) is 11.0 Å². The number of aryl methyl sites for hydroxylation is 1. The van der Waals surface area contributed by atoms with Crippen LogP contribution in [0.2, 0.25) is 5.02 Å². The van der Waals surface area contributed by atoms with Crippen molar-refractivity contribution in [1.29, 1.82) is 0 Å². The second-order valence-electron chi connectivity index (χ2n) is 2.41. The zero-order valence-electron chi connectivity index (χ0n) is 5.97. The maximum Gasteiger partial charge on any atom is 0.168 e. The van der Waals surface area contributed by atoms with E-state index < -0.39 is 0 Å². The number of benzene rings is 1. The van der Waals surface area contributed by atoms with Crippen molar-refractivity contribution in [2.24, 2.45) is 0 Å². The lowest BCUT2D eigenvalue weighted by atomic mass is 10.2. The molecule has 0 radical (unpaired) electrons. The monoisotopic (exact) mass is 167 g/mol. The van der Waals surface area contributed by atoms with E-state index in [1.54, 1.807) is 6.07 Å². The van der Waals surface area contributed by atoms with Crippen LogP contribution in [0.3, 0.4) is 0 Å². The van der Waals surface area contributed by atoms with E-state index >= 15 is 0 Å². The molecule has 1 heterocycles. The maximum absolute atomic E-state index is 5.74. The van der Waals surface area contributed by atoms with E-state index in [-0.39, 0.29) is 0 Å². The fraction of sp³-hybridized carbons (Fsp3) is 0.125. The molecule has 0 N–H and O–H groups in total. The first kappa shape index (κ1) is 6.68. The fourth-order valence-corrected chi connectivity index (χ4v) is 1.20. The second-order valence-corrected chi connectivity index (χ2v) is 2.84. The summed E-state index contributed by atoms with van der Waals surface area (Å²) in [6, 6.07) is 5.49. The molecule has 0 spiro atoms. The zero-order chi connectivity index (χ0) is 7.84. The molecule has 0 atom stereocenters. The molecule has 11 heavy (non-hydrogen) atoms. The van der Waals surface area contributed by atoms with Gasteiger partial charge in [-0.25, -0.2) is 0 Å². The van der Waals surface area contributed by atoms with E-state index in [9.17, 15) is 0 Å². The highest BCUT2D eigenvalue weighted by Gasteiger charge is 2.02. The third-order valence-corrected chi connectivity index (χ3v) is 1.85. The number of nitrogens with zero attached hydrogens (tertiary/aromatic N) is 1. The highest BCUT2D eigenvalue weighted by atomic mass is 35.5. The summed E-state index contributed by atoms with van der Waals surface area (Å²) in [4.78, 5) is 0. The van der Waals surface area contributed by atoms with Gasteiger partial charge in [-0.3, -0.25) is 0 Å². The largest absolute Gasteiger partial charge is 0.356 e. The SMILES string of the molecule is Cc1noc2cc(Cl)ccc12. The van der Waals surface area contributed by atoms with Gasteiger partial charge in [-0.2, -0.15) is 0 Å². The standard InChI is InChI=1S/C8H6ClNO/c1-5-7-3-2-6(9)4-8(7)11-10-5/h2-4H,1H3. The molecule has 2 nitrogen and oxygen atoms in total. The van der Waals surface area contributed by atoms with Gasteiger partial charge >= 0.3 is 0 Å². The zero-order valence-corrected chi connectivity index (χ0v) is 6.72. The van der Waals surface area contributed by atoms with E-state index in [2.05, 4.69) is 5.16 Å². The third-order valence-electron chi connectivity index (χ3n) is 1.61. The predicted octanol–water partition coefficient (Wildman–Crippen LogP) is 2.79. The topological polar surface area (TPSA) is 26.0 Å². The molecule has 1 aromatic heterocycles. The summed E-state index contributed by atoms with van der Waals surface area (Å²) in [7, 11) is 0. The Kier molecular flexibility index (Phi) is 1.36. The van der Waals surface area contributed by atoms with Crippen molar-refractivity contribution in [1.82, 2.24) is 5.16 Å². The number of hydrogen-bond donors (Lipinski definition) is 0. The van der Waals surface area contributed by atoms with E-state index in [4.69, 9.17) is 16.1 Å². The third kappa shape index (κ3) is 0.994. The average molecular weight is 168 g/mol. The molecule has 0 aliphatic heterocycles. The second kappa shape index (κ2) is 2.24. The summed E-state index contributed by atoms with van der Waals surface area (Å²) in [5.74, 6) is 0. The Labute approximate surface area is 68.7 Å². The molecule has 0 amide bonds. The van der Waals surface area contributed by atoms with Crippen LogP contribution in [-0.2, 0) is 0 Å². The molecule has 56 valence electrons. The fourth-order valence-electron chi connectivity index (χ4n) is 1.04. The van der Waals surface area contributed by atoms with Crippen LogP contribution in [0, 0.1) is 6.92 Å². The molecule has 2 rings (SSSR count). The molecule has 3 heteroatoms. The van der Waals surface area contributed by atoms with Crippen LogP contribution in [0.5, 0.6) is 0 Å². The predicted molar refractivity (Wildman–Crippen MR) is 43.8 cm³/mol. The molecule has 0 unspecified atom stereocenters. The van der Waals surface area contributed by atoms with Crippen molar-refractivity contribution in [3.05, 3.63) is 28.9 Å². The van der Waals surface area contributed by atoms with Crippen molar-refractivity contribution >= 4 is 22.6 Å². The van der Waals surface area contributed by atoms with E-state index in [0.29, 0.717) is 5.02 Å². The first-order valence-electron chi connectivity index (χ1n) is 3.29. The Balaban J connectivity index is 2.86. The summed E-state index contributed by atoms with van der Waals surface area (Å²) in [6.07, 6.45) is 0. The Morgan fingerprint density at radius 3 is 3.09 bits per heavy atom. The van der Waals surface area contributed by atoms with Gasteiger partial charge in [0.1, 0.15) is 0 Å². The number of rotatable bonds is 0. The van der Waals surface area contributed by atoms with Crippen LogP contribution in [0.4, 0.5) is 0 Å². The molecular weight excluding hydrogens is 162 g/mol. The van der Waals surface area contributed by atoms with Gasteiger partial charge in [0.2, 0.25) is 0 Å². The van der Waals surface area contributed by atoms with Crippen molar-refractivity contribution < 1.29 is 4.52 Å². The van der Waals surface area contributed by atoms with Crippen LogP contribution in [-0.4, -0.2) is 5.16 Å². The van der Waals surface area contributed by atoms with Crippen molar-refractivity contribution in [2.75, 3.05) is 0 Å². The Bertz CT molecular complexity index is 394. The van der Waals surface area contributed by atoms with Crippen molar-refractivity contribution in [3.8, 4) is 0 Å². The van der Waals surface area contributed by atoms with E-state index in [1.807, 2.05) is 19.1 Å². The van der Waals surface area contributed by atoms with Gasteiger partial charge < -0.3 is 4.52 Å². The van der Waals surface area contributed by atoms with E-state index in [1.165, 1.54) is 0 Å². The number of hydrogen-bond acceptors (Lipinski definition) is 2. The molecule has 2 aromatic rings. The van der Waals surface area contributed by atoms with Crippen LogP contribution < -0.4 is 0 Å². The van der Waals surface area contributed by atoms with Gasteiger partial charge in [0, 0.05) is 16.5 Å². The molecule has 0 bridgehead atoms. The van der Waals surface area contributed by atoms with Gasteiger partial charge in [-0.05, 0) is 19.1 Å². The van der Waals surface area contributed by atoms with Gasteiger partial charge in [0.05, 0.1) is 5.69 Å². The first-order chi connectivity index (χ1) is 5.27. The summed E-state index contributed by atoms with van der Waals surface area (Å²) < 4.78 is 5.00. The number of fused-ring (bicyclic) bond motifs is 1. The maximum atomic E-state index is 5.74. The quantitative estimate of drug-likeness (QED) is 0.603. The minimum absolute atomic E-state index is 0.675.